The minimum absolute atomic E-state index is 0.0677. The van der Waals surface area contributed by atoms with E-state index in [2.05, 4.69) is 0 Å². The van der Waals surface area contributed by atoms with Gasteiger partial charge in [0.1, 0.15) is 11.6 Å². The number of aliphatic hydroxyl groups is 1. The van der Waals surface area contributed by atoms with Crippen LogP contribution in [0, 0.1) is 5.82 Å². The minimum Gasteiger partial charge on any atom is -0.479 e. The Morgan fingerprint density at radius 2 is 2.00 bits per heavy atom. The van der Waals surface area contributed by atoms with Crippen LogP contribution >= 0.6 is 11.6 Å². The number of aliphatic hydroxyl groups excluding tert-OH is 1. The van der Waals surface area contributed by atoms with Gasteiger partial charge in [-0.15, -0.1) is 0 Å². The van der Waals surface area contributed by atoms with Crippen LogP contribution in [-0.4, -0.2) is 40.7 Å². The summed E-state index contributed by atoms with van der Waals surface area (Å²) in [5.74, 6) is -0.477. The number of carbonyl (C=O) groups excluding carboxylic acids is 1. The summed E-state index contributed by atoms with van der Waals surface area (Å²) in [6.07, 6.45) is -1.41. The van der Waals surface area contributed by atoms with Crippen molar-refractivity contribution in [1.29, 1.82) is 0 Å². The number of halogens is 2. The van der Waals surface area contributed by atoms with E-state index in [4.69, 9.17) is 16.3 Å². The van der Waals surface area contributed by atoms with Gasteiger partial charge in [0, 0.05) is 12.6 Å². The lowest BCUT2D eigenvalue weighted by molar-refractivity contribution is -0.141. The molecule has 6 heteroatoms. The Balaban J connectivity index is 2.81. The molecule has 0 aliphatic heterocycles. The first-order valence-corrected chi connectivity index (χ1v) is 7.20. The molecule has 0 saturated heterocycles. The number of amides is 1. The van der Waals surface area contributed by atoms with Gasteiger partial charge in [0.05, 0.1) is 11.1 Å². The van der Waals surface area contributed by atoms with Crippen LogP contribution in [0.2, 0.25) is 5.02 Å². The van der Waals surface area contributed by atoms with Gasteiger partial charge in [0.15, 0.2) is 6.10 Å². The standard InChI is InChI=1S/C15H21ClFNO3/c1-9(2)18(8-10(3)19)15(20)11(4)21-14-6-5-12(17)7-13(14)16/h5-7,9-11,19H,8H2,1-4H3. The van der Waals surface area contributed by atoms with E-state index in [1.807, 2.05) is 13.8 Å². The first-order valence-electron chi connectivity index (χ1n) is 6.82. The average Bonchev–Trinajstić information content (AvgIpc) is 2.37. The molecular formula is C15H21ClFNO3. The summed E-state index contributed by atoms with van der Waals surface area (Å²) in [5, 5.41) is 9.58. The van der Waals surface area contributed by atoms with E-state index in [1.54, 1.807) is 13.8 Å². The fraction of sp³-hybridized carbons (Fsp3) is 0.533. The van der Waals surface area contributed by atoms with Crippen LogP contribution in [0.15, 0.2) is 18.2 Å². The quantitative estimate of drug-likeness (QED) is 0.877. The monoisotopic (exact) mass is 317 g/mol. The molecule has 1 N–H and O–H groups in total. The molecule has 1 amide bonds. The third-order valence-corrected chi connectivity index (χ3v) is 3.21. The zero-order valence-electron chi connectivity index (χ0n) is 12.6. The van der Waals surface area contributed by atoms with Crippen molar-refractivity contribution in [2.75, 3.05) is 6.54 Å². The first-order chi connectivity index (χ1) is 9.72. The molecule has 2 atom stereocenters. The summed E-state index contributed by atoms with van der Waals surface area (Å²) >= 11 is 5.87. The molecule has 0 fully saturated rings. The molecule has 118 valence electrons. The smallest absolute Gasteiger partial charge is 0.263 e. The van der Waals surface area contributed by atoms with Gasteiger partial charge in [-0.25, -0.2) is 4.39 Å². The first kappa shape index (κ1) is 17.7. The fourth-order valence-electron chi connectivity index (χ4n) is 1.89. The van der Waals surface area contributed by atoms with Crippen LogP contribution in [-0.2, 0) is 4.79 Å². The Kier molecular flexibility index (Phi) is 6.42. The van der Waals surface area contributed by atoms with Crippen molar-refractivity contribution >= 4 is 17.5 Å². The Bertz CT molecular complexity index is 494. The van der Waals surface area contributed by atoms with Crippen molar-refractivity contribution in [2.45, 2.75) is 45.9 Å². The van der Waals surface area contributed by atoms with E-state index in [-0.39, 0.29) is 29.3 Å². The van der Waals surface area contributed by atoms with E-state index in [0.717, 1.165) is 6.07 Å². The number of rotatable bonds is 6. The molecule has 1 aromatic carbocycles. The van der Waals surface area contributed by atoms with Crippen LogP contribution < -0.4 is 4.74 Å². The second-order valence-electron chi connectivity index (χ2n) is 5.27. The topological polar surface area (TPSA) is 49.8 Å². The summed E-state index contributed by atoms with van der Waals surface area (Å²) in [5.41, 5.74) is 0. The van der Waals surface area contributed by atoms with E-state index < -0.39 is 18.0 Å². The van der Waals surface area contributed by atoms with Crippen LogP contribution in [0.3, 0.4) is 0 Å². The lowest BCUT2D eigenvalue weighted by Gasteiger charge is -2.30. The van der Waals surface area contributed by atoms with Crippen molar-refractivity contribution in [3.8, 4) is 5.75 Å². The van der Waals surface area contributed by atoms with Crippen LogP contribution in [0.5, 0.6) is 5.75 Å². The molecule has 4 nitrogen and oxygen atoms in total. The van der Waals surface area contributed by atoms with Gasteiger partial charge in [-0.1, -0.05) is 11.6 Å². The van der Waals surface area contributed by atoms with Gasteiger partial charge in [0.2, 0.25) is 0 Å². The van der Waals surface area contributed by atoms with Crippen molar-refractivity contribution in [2.24, 2.45) is 0 Å². The van der Waals surface area contributed by atoms with Gasteiger partial charge in [-0.3, -0.25) is 4.79 Å². The summed E-state index contributed by atoms with van der Waals surface area (Å²) < 4.78 is 18.5. The SMILES string of the molecule is CC(O)CN(C(=O)C(C)Oc1ccc(F)cc1Cl)C(C)C. The van der Waals surface area contributed by atoms with Crippen molar-refractivity contribution in [3.63, 3.8) is 0 Å². The molecule has 0 radical (unpaired) electrons. The van der Waals surface area contributed by atoms with Crippen molar-refractivity contribution < 1.29 is 19.0 Å². The highest BCUT2D eigenvalue weighted by molar-refractivity contribution is 6.32. The molecule has 0 saturated carbocycles. The summed E-state index contributed by atoms with van der Waals surface area (Å²) in [6, 6.07) is 3.66. The van der Waals surface area contributed by atoms with Gasteiger partial charge in [-0.05, 0) is 45.9 Å². The number of nitrogens with zero attached hydrogens (tertiary/aromatic N) is 1. The number of benzene rings is 1. The summed E-state index contributed by atoms with van der Waals surface area (Å²) in [7, 11) is 0. The van der Waals surface area contributed by atoms with Gasteiger partial charge in [-0.2, -0.15) is 0 Å². The zero-order valence-corrected chi connectivity index (χ0v) is 13.4. The molecule has 0 aromatic heterocycles. The Labute approximate surface area is 129 Å². The predicted molar refractivity (Wildman–Crippen MR) is 80.0 cm³/mol. The lowest BCUT2D eigenvalue weighted by atomic mass is 10.2. The Hall–Kier alpha value is -1.33. The fourth-order valence-corrected chi connectivity index (χ4v) is 2.10. The molecule has 0 spiro atoms. The molecule has 1 aromatic rings. The second kappa shape index (κ2) is 7.61. The summed E-state index contributed by atoms with van der Waals surface area (Å²) in [4.78, 5) is 13.9. The highest BCUT2D eigenvalue weighted by atomic mass is 35.5. The maximum absolute atomic E-state index is 13.0. The maximum atomic E-state index is 13.0. The van der Waals surface area contributed by atoms with Crippen molar-refractivity contribution in [1.82, 2.24) is 4.90 Å². The van der Waals surface area contributed by atoms with Crippen LogP contribution in [0.4, 0.5) is 4.39 Å². The minimum atomic E-state index is -0.783. The van der Waals surface area contributed by atoms with Gasteiger partial charge < -0.3 is 14.7 Å². The Morgan fingerprint density at radius 3 is 2.48 bits per heavy atom. The van der Waals surface area contributed by atoms with E-state index >= 15 is 0 Å². The Morgan fingerprint density at radius 1 is 1.38 bits per heavy atom. The van der Waals surface area contributed by atoms with E-state index in [1.165, 1.54) is 17.0 Å². The number of hydrogen-bond donors (Lipinski definition) is 1. The highest BCUT2D eigenvalue weighted by Crippen LogP contribution is 2.26. The maximum Gasteiger partial charge on any atom is 0.263 e. The number of ether oxygens (including phenoxy) is 1. The molecule has 21 heavy (non-hydrogen) atoms. The molecular weight excluding hydrogens is 297 g/mol. The molecule has 1 rings (SSSR count). The second-order valence-corrected chi connectivity index (χ2v) is 5.68. The molecule has 0 heterocycles. The highest BCUT2D eigenvalue weighted by Gasteiger charge is 2.25. The average molecular weight is 318 g/mol. The van der Waals surface area contributed by atoms with E-state index in [0.29, 0.717) is 0 Å². The van der Waals surface area contributed by atoms with Crippen molar-refractivity contribution in [3.05, 3.63) is 29.0 Å². The predicted octanol–water partition coefficient (Wildman–Crippen LogP) is 2.86. The summed E-state index contributed by atoms with van der Waals surface area (Å²) in [6.45, 7) is 7.15. The number of carbonyl (C=O) groups is 1. The lowest BCUT2D eigenvalue weighted by Crippen LogP contribution is -2.47. The largest absolute Gasteiger partial charge is 0.479 e. The normalized spacial score (nSPS) is 13.9. The molecule has 0 aliphatic carbocycles. The molecule has 0 bridgehead atoms. The van der Waals surface area contributed by atoms with Crippen LogP contribution in [0.1, 0.15) is 27.7 Å². The third kappa shape index (κ3) is 5.17. The zero-order chi connectivity index (χ0) is 16.2. The van der Waals surface area contributed by atoms with Gasteiger partial charge >= 0.3 is 0 Å². The third-order valence-electron chi connectivity index (χ3n) is 2.91. The van der Waals surface area contributed by atoms with E-state index in [9.17, 15) is 14.3 Å². The van der Waals surface area contributed by atoms with Gasteiger partial charge in [0.25, 0.3) is 5.91 Å². The van der Waals surface area contributed by atoms with Crippen LogP contribution in [0.25, 0.3) is 0 Å². The molecule has 0 aliphatic rings. The molecule has 2 unspecified atom stereocenters. The number of hydrogen-bond acceptors (Lipinski definition) is 3.